The Bertz CT molecular complexity index is 1410. The second kappa shape index (κ2) is 7.87. The Hall–Kier alpha value is -4.26. The third kappa shape index (κ3) is 3.69. The van der Waals surface area contributed by atoms with Crippen molar-refractivity contribution < 1.29 is 4.79 Å². The summed E-state index contributed by atoms with van der Waals surface area (Å²) in [5.41, 5.74) is 2.96. The number of nitrogens with one attached hydrogen (secondary N) is 2. The topological polar surface area (TPSA) is 92.7 Å². The lowest BCUT2D eigenvalue weighted by molar-refractivity contribution is -0.122. The summed E-state index contributed by atoms with van der Waals surface area (Å²) >= 11 is 0. The number of imidazole rings is 1. The van der Waals surface area contributed by atoms with Crippen molar-refractivity contribution in [2.75, 3.05) is 0 Å². The van der Waals surface area contributed by atoms with Crippen LogP contribution in [0.25, 0.3) is 21.9 Å². The Labute approximate surface area is 177 Å². The third-order valence-corrected chi connectivity index (χ3v) is 5.16. The van der Waals surface area contributed by atoms with Gasteiger partial charge >= 0.3 is 0 Å². The third-order valence-electron chi connectivity index (χ3n) is 5.16. The van der Waals surface area contributed by atoms with Gasteiger partial charge in [0, 0.05) is 0 Å². The van der Waals surface area contributed by atoms with E-state index in [0.717, 1.165) is 16.6 Å². The molecule has 5 rings (SSSR count). The lowest BCUT2D eigenvalue weighted by Crippen LogP contribution is -2.35. The van der Waals surface area contributed by atoms with Gasteiger partial charge in [-0.05, 0) is 29.8 Å². The Kier molecular flexibility index (Phi) is 4.76. The van der Waals surface area contributed by atoms with E-state index in [1.54, 1.807) is 18.2 Å². The van der Waals surface area contributed by atoms with E-state index < -0.39 is 6.04 Å². The van der Waals surface area contributed by atoms with Crippen LogP contribution < -0.4 is 10.9 Å². The number of rotatable bonds is 5. The fourth-order valence-corrected chi connectivity index (χ4v) is 3.64. The fourth-order valence-electron chi connectivity index (χ4n) is 3.64. The summed E-state index contributed by atoms with van der Waals surface area (Å²) < 4.78 is 1.32. The molecule has 2 aromatic heterocycles. The molecule has 3 aromatic carbocycles. The molecule has 0 saturated carbocycles. The highest BCUT2D eigenvalue weighted by Crippen LogP contribution is 2.22. The minimum atomic E-state index is -0.481. The standard InChI is InChI=1S/C24H19N5O2/c30-21(14-29-15-25-18-11-5-4-10-17(18)24(29)31)28-22(16-8-2-1-3-9-16)23-26-19-12-6-7-13-20(19)27-23/h1-13,15,22H,14H2,(H,26,27)(H,28,30)/t22-/m1/s1. The Balaban J connectivity index is 1.46. The molecule has 0 aliphatic carbocycles. The van der Waals surface area contributed by atoms with Crippen molar-refractivity contribution in [3.63, 3.8) is 0 Å². The maximum absolute atomic E-state index is 12.9. The highest BCUT2D eigenvalue weighted by molar-refractivity contribution is 5.80. The van der Waals surface area contributed by atoms with Crippen molar-refractivity contribution in [3.05, 3.63) is 107 Å². The van der Waals surface area contributed by atoms with Crippen LogP contribution in [0, 0.1) is 0 Å². The summed E-state index contributed by atoms with van der Waals surface area (Å²) in [6.07, 6.45) is 1.41. The van der Waals surface area contributed by atoms with Gasteiger partial charge in [0.25, 0.3) is 5.56 Å². The molecule has 2 heterocycles. The molecule has 152 valence electrons. The van der Waals surface area contributed by atoms with Crippen molar-refractivity contribution in [2.45, 2.75) is 12.6 Å². The molecule has 0 saturated heterocycles. The Morgan fingerprint density at radius 2 is 1.65 bits per heavy atom. The van der Waals surface area contributed by atoms with Crippen LogP contribution in [0.15, 0.2) is 90.0 Å². The molecule has 0 unspecified atom stereocenters. The van der Waals surface area contributed by atoms with E-state index in [1.807, 2.05) is 60.7 Å². The van der Waals surface area contributed by atoms with Crippen molar-refractivity contribution in [1.82, 2.24) is 24.8 Å². The number of hydrogen-bond acceptors (Lipinski definition) is 4. The average Bonchev–Trinajstić information content (AvgIpc) is 3.24. The van der Waals surface area contributed by atoms with E-state index in [0.29, 0.717) is 16.7 Å². The molecule has 2 N–H and O–H groups in total. The summed E-state index contributed by atoms with van der Waals surface area (Å²) in [5.74, 6) is 0.318. The van der Waals surface area contributed by atoms with E-state index >= 15 is 0 Å². The maximum Gasteiger partial charge on any atom is 0.261 e. The molecule has 0 bridgehead atoms. The number of amides is 1. The maximum atomic E-state index is 12.9. The van der Waals surface area contributed by atoms with Crippen LogP contribution in [0.3, 0.4) is 0 Å². The Morgan fingerprint density at radius 3 is 2.45 bits per heavy atom. The second-order valence-corrected chi connectivity index (χ2v) is 7.25. The number of nitrogens with zero attached hydrogens (tertiary/aromatic N) is 3. The number of aromatic nitrogens is 4. The van der Waals surface area contributed by atoms with Gasteiger partial charge < -0.3 is 10.3 Å². The van der Waals surface area contributed by atoms with Gasteiger partial charge in [-0.1, -0.05) is 54.6 Å². The van der Waals surface area contributed by atoms with Crippen molar-refractivity contribution >= 4 is 27.8 Å². The quantitative estimate of drug-likeness (QED) is 0.466. The van der Waals surface area contributed by atoms with Crippen LogP contribution in [-0.4, -0.2) is 25.4 Å². The first kappa shape index (κ1) is 18.7. The zero-order valence-electron chi connectivity index (χ0n) is 16.5. The van der Waals surface area contributed by atoms with Gasteiger partial charge in [-0.3, -0.25) is 14.2 Å². The normalized spacial score (nSPS) is 12.1. The van der Waals surface area contributed by atoms with E-state index in [-0.39, 0.29) is 18.0 Å². The largest absolute Gasteiger partial charge is 0.341 e. The fraction of sp³-hybridized carbons (Fsp3) is 0.0833. The van der Waals surface area contributed by atoms with E-state index in [1.165, 1.54) is 10.9 Å². The zero-order chi connectivity index (χ0) is 21.2. The van der Waals surface area contributed by atoms with Crippen LogP contribution >= 0.6 is 0 Å². The number of aromatic amines is 1. The minimum Gasteiger partial charge on any atom is -0.341 e. The molecule has 0 radical (unpaired) electrons. The molecule has 31 heavy (non-hydrogen) atoms. The molecule has 1 amide bonds. The zero-order valence-corrected chi connectivity index (χ0v) is 16.5. The number of hydrogen-bond donors (Lipinski definition) is 2. The SMILES string of the molecule is O=C(Cn1cnc2ccccc2c1=O)N[C@H](c1ccccc1)c1nc2ccccc2[nH]1. The molecule has 1 atom stereocenters. The smallest absolute Gasteiger partial charge is 0.261 e. The first-order chi connectivity index (χ1) is 15.2. The van der Waals surface area contributed by atoms with Gasteiger partial charge in [0.15, 0.2) is 0 Å². The number of H-pyrrole nitrogens is 1. The lowest BCUT2D eigenvalue weighted by atomic mass is 10.1. The Morgan fingerprint density at radius 1 is 0.935 bits per heavy atom. The van der Waals surface area contributed by atoms with Crippen LogP contribution in [0.5, 0.6) is 0 Å². The van der Waals surface area contributed by atoms with E-state index in [4.69, 9.17) is 0 Å². The van der Waals surface area contributed by atoms with Gasteiger partial charge in [0.05, 0.1) is 28.3 Å². The van der Waals surface area contributed by atoms with Crippen LogP contribution in [-0.2, 0) is 11.3 Å². The van der Waals surface area contributed by atoms with E-state index in [9.17, 15) is 9.59 Å². The number of fused-ring (bicyclic) bond motifs is 2. The number of carbonyl (C=O) groups is 1. The predicted octanol–water partition coefficient (Wildman–Crippen LogP) is 3.18. The van der Waals surface area contributed by atoms with Crippen molar-refractivity contribution in [3.8, 4) is 0 Å². The lowest BCUT2D eigenvalue weighted by Gasteiger charge is -2.17. The molecule has 0 aliphatic rings. The predicted molar refractivity (Wildman–Crippen MR) is 119 cm³/mol. The molecular formula is C24H19N5O2. The monoisotopic (exact) mass is 409 g/mol. The highest BCUT2D eigenvalue weighted by atomic mass is 16.2. The molecule has 0 spiro atoms. The van der Waals surface area contributed by atoms with Crippen LogP contribution in [0.1, 0.15) is 17.4 Å². The molecule has 0 fully saturated rings. The molecule has 7 nitrogen and oxygen atoms in total. The van der Waals surface area contributed by atoms with Gasteiger partial charge in [0.2, 0.25) is 5.91 Å². The minimum absolute atomic E-state index is 0.139. The molecule has 0 aliphatic heterocycles. The average molecular weight is 409 g/mol. The van der Waals surface area contributed by atoms with Gasteiger partial charge in [-0.15, -0.1) is 0 Å². The molecule has 7 heteroatoms. The second-order valence-electron chi connectivity index (χ2n) is 7.25. The van der Waals surface area contributed by atoms with E-state index in [2.05, 4.69) is 20.3 Å². The summed E-state index contributed by atoms with van der Waals surface area (Å²) in [5, 5.41) is 3.50. The molecule has 5 aromatic rings. The van der Waals surface area contributed by atoms with Gasteiger partial charge in [-0.2, -0.15) is 0 Å². The highest BCUT2D eigenvalue weighted by Gasteiger charge is 2.21. The summed E-state index contributed by atoms with van der Waals surface area (Å²) in [4.78, 5) is 37.9. The van der Waals surface area contributed by atoms with Crippen LogP contribution in [0.2, 0.25) is 0 Å². The first-order valence-electron chi connectivity index (χ1n) is 9.92. The van der Waals surface area contributed by atoms with Gasteiger partial charge in [0.1, 0.15) is 18.4 Å². The molecular weight excluding hydrogens is 390 g/mol. The van der Waals surface area contributed by atoms with Crippen molar-refractivity contribution in [1.29, 1.82) is 0 Å². The summed E-state index contributed by atoms with van der Waals surface area (Å²) in [6, 6.07) is 23.9. The summed E-state index contributed by atoms with van der Waals surface area (Å²) in [6.45, 7) is -0.139. The first-order valence-corrected chi connectivity index (χ1v) is 9.92. The van der Waals surface area contributed by atoms with Crippen molar-refractivity contribution in [2.24, 2.45) is 0 Å². The van der Waals surface area contributed by atoms with Crippen LogP contribution in [0.4, 0.5) is 0 Å². The number of carbonyl (C=O) groups excluding carboxylic acids is 1. The number of para-hydroxylation sites is 3. The van der Waals surface area contributed by atoms with Gasteiger partial charge in [-0.25, -0.2) is 9.97 Å². The number of benzene rings is 3. The summed E-state index contributed by atoms with van der Waals surface area (Å²) in [7, 11) is 0.